The van der Waals surface area contributed by atoms with Crippen molar-refractivity contribution in [2.24, 2.45) is 0 Å². The second-order valence-corrected chi connectivity index (χ2v) is 4.78. The summed E-state index contributed by atoms with van der Waals surface area (Å²) in [5.74, 6) is 0. The SMILES string of the molecule is CCc1ccc(NCCCN2CCOCC2)cc1. The number of morpholine rings is 1. The Labute approximate surface area is 110 Å². The van der Waals surface area contributed by atoms with E-state index in [9.17, 15) is 0 Å². The van der Waals surface area contributed by atoms with Gasteiger partial charge in [0.15, 0.2) is 0 Å². The third kappa shape index (κ3) is 4.31. The number of hydrogen-bond donors (Lipinski definition) is 1. The van der Waals surface area contributed by atoms with Crippen LogP contribution in [0.25, 0.3) is 0 Å². The van der Waals surface area contributed by atoms with Gasteiger partial charge in [0.25, 0.3) is 0 Å². The minimum absolute atomic E-state index is 0.895. The number of nitrogens with one attached hydrogen (secondary N) is 1. The fraction of sp³-hybridized carbons (Fsp3) is 0.600. The van der Waals surface area contributed by atoms with Crippen LogP contribution in [0, 0.1) is 0 Å². The third-order valence-electron chi connectivity index (χ3n) is 3.45. The molecule has 0 amide bonds. The van der Waals surface area contributed by atoms with Crippen molar-refractivity contribution >= 4 is 5.69 Å². The summed E-state index contributed by atoms with van der Waals surface area (Å²) in [7, 11) is 0. The zero-order valence-electron chi connectivity index (χ0n) is 11.3. The van der Waals surface area contributed by atoms with Gasteiger partial charge in [-0.3, -0.25) is 4.90 Å². The first-order valence-corrected chi connectivity index (χ1v) is 7.01. The average Bonchev–Trinajstić information content (AvgIpc) is 2.45. The van der Waals surface area contributed by atoms with Crippen LogP contribution in [0.15, 0.2) is 24.3 Å². The van der Waals surface area contributed by atoms with Crippen LogP contribution < -0.4 is 5.32 Å². The second-order valence-electron chi connectivity index (χ2n) is 4.78. The Morgan fingerprint density at radius 1 is 1.17 bits per heavy atom. The minimum Gasteiger partial charge on any atom is -0.385 e. The Bertz CT molecular complexity index is 331. The monoisotopic (exact) mass is 248 g/mol. The molecule has 1 heterocycles. The van der Waals surface area contributed by atoms with Crippen LogP contribution in [0.4, 0.5) is 5.69 Å². The highest BCUT2D eigenvalue weighted by molar-refractivity contribution is 5.44. The summed E-state index contributed by atoms with van der Waals surface area (Å²) >= 11 is 0. The molecule has 3 heteroatoms. The molecule has 0 atom stereocenters. The van der Waals surface area contributed by atoms with Crippen LogP contribution in [0.2, 0.25) is 0 Å². The Morgan fingerprint density at radius 2 is 1.89 bits per heavy atom. The summed E-state index contributed by atoms with van der Waals surface area (Å²) in [4.78, 5) is 2.48. The molecule has 0 aliphatic carbocycles. The third-order valence-corrected chi connectivity index (χ3v) is 3.45. The number of benzene rings is 1. The Morgan fingerprint density at radius 3 is 2.56 bits per heavy atom. The molecule has 1 N–H and O–H groups in total. The first-order valence-electron chi connectivity index (χ1n) is 7.01. The first-order chi connectivity index (χ1) is 8.88. The van der Waals surface area contributed by atoms with E-state index in [1.54, 1.807) is 0 Å². The molecular weight excluding hydrogens is 224 g/mol. The lowest BCUT2D eigenvalue weighted by atomic mass is 10.1. The van der Waals surface area contributed by atoms with Crippen molar-refractivity contribution in [3.05, 3.63) is 29.8 Å². The van der Waals surface area contributed by atoms with Gasteiger partial charge in [0, 0.05) is 25.3 Å². The summed E-state index contributed by atoms with van der Waals surface area (Å²) in [6, 6.07) is 8.75. The van der Waals surface area contributed by atoms with Crippen LogP contribution in [0.1, 0.15) is 18.9 Å². The van der Waals surface area contributed by atoms with Gasteiger partial charge in [-0.15, -0.1) is 0 Å². The van der Waals surface area contributed by atoms with Gasteiger partial charge in [-0.1, -0.05) is 19.1 Å². The maximum Gasteiger partial charge on any atom is 0.0594 e. The summed E-state index contributed by atoms with van der Waals surface area (Å²) in [5.41, 5.74) is 2.63. The summed E-state index contributed by atoms with van der Waals surface area (Å²) in [6.07, 6.45) is 2.30. The molecule has 1 aliphatic heterocycles. The minimum atomic E-state index is 0.895. The van der Waals surface area contributed by atoms with E-state index >= 15 is 0 Å². The molecule has 18 heavy (non-hydrogen) atoms. The van der Waals surface area contributed by atoms with Gasteiger partial charge in [-0.05, 0) is 37.1 Å². The predicted molar refractivity (Wildman–Crippen MR) is 76.2 cm³/mol. The van der Waals surface area contributed by atoms with E-state index in [1.165, 1.54) is 24.2 Å². The lowest BCUT2D eigenvalue weighted by Crippen LogP contribution is -2.37. The topological polar surface area (TPSA) is 24.5 Å². The highest BCUT2D eigenvalue weighted by Crippen LogP contribution is 2.09. The van der Waals surface area contributed by atoms with E-state index in [1.807, 2.05) is 0 Å². The summed E-state index contributed by atoms with van der Waals surface area (Å²) in [6.45, 7) is 8.37. The molecule has 1 saturated heterocycles. The van der Waals surface area contributed by atoms with Crippen LogP contribution in [-0.4, -0.2) is 44.3 Å². The summed E-state index contributed by atoms with van der Waals surface area (Å²) < 4.78 is 5.34. The van der Waals surface area contributed by atoms with Crippen molar-refractivity contribution in [3.63, 3.8) is 0 Å². The van der Waals surface area contributed by atoms with Crippen LogP contribution in [0.3, 0.4) is 0 Å². The zero-order chi connectivity index (χ0) is 12.6. The molecule has 0 saturated carbocycles. The average molecular weight is 248 g/mol. The number of hydrogen-bond acceptors (Lipinski definition) is 3. The Kier molecular flexibility index (Phi) is 5.49. The number of rotatable bonds is 6. The van der Waals surface area contributed by atoms with Crippen molar-refractivity contribution in [1.82, 2.24) is 4.90 Å². The maximum atomic E-state index is 5.34. The molecule has 100 valence electrons. The van der Waals surface area contributed by atoms with Gasteiger partial charge in [0.05, 0.1) is 13.2 Å². The number of nitrogens with zero attached hydrogens (tertiary/aromatic N) is 1. The maximum absolute atomic E-state index is 5.34. The molecule has 3 nitrogen and oxygen atoms in total. The quantitative estimate of drug-likeness (QED) is 0.782. The standard InChI is InChI=1S/C15H24N2O/c1-2-14-4-6-15(7-5-14)16-8-3-9-17-10-12-18-13-11-17/h4-7,16H,2-3,8-13H2,1H3. The van der Waals surface area contributed by atoms with Crippen LogP contribution >= 0.6 is 0 Å². The second kappa shape index (κ2) is 7.39. The molecule has 0 spiro atoms. The van der Waals surface area contributed by atoms with Gasteiger partial charge in [-0.2, -0.15) is 0 Å². The highest BCUT2D eigenvalue weighted by Gasteiger charge is 2.08. The van der Waals surface area contributed by atoms with Gasteiger partial charge in [0.2, 0.25) is 0 Å². The van der Waals surface area contributed by atoms with E-state index in [4.69, 9.17) is 4.74 Å². The zero-order valence-corrected chi connectivity index (χ0v) is 11.3. The van der Waals surface area contributed by atoms with Crippen molar-refractivity contribution in [1.29, 1.82) is 0 Å². The van der Waals surface area contributed by atoms with Gasteiger partial charge in [0.1, 0.15) is 0 Å². The van der Waals surface area contributed by atoms with Crippen molar-refractivity contribution in [3.8, 4) is 0 Å². The molecule has 0 bridgehead atoms. The van der Waals surface area contributed by atoms with Crippen molar-refractivity contribution in [2.75, 3.05) is 44.7 Å². The number of ether oxygens (including phenoxy) is 1. The Hall–Kier alpha value is -1.06. The summed E-state index contributed by atoms with van der Waals surface area (Å²) in [5, 5.41) is 3.48. The molecular formula is C15H24N2O. The molecule has 2 rings (SSSR count). The van der Waals surface area contributed by atoms with Gasteiger partial charge in [-0.25, -0.2) is 0 Å². The van der Waals surface area contributed by atoms with Crippen LogP contribution in [-0.2, 0) is 11.2 Å². The van der Waals surface area contributed by atoms with E-state index in [0.29, 0.717) is 0 Å². The predicted octanol–water partition coefficient (Wildman–Crippen LogP) is 2.38. The number of anilines is 1. The largest absolute Gasteiger partial charge is 0.385 e. The van der Waals surface area contributed by atoms with Gasteiger partial charge < -0.3 is 10.1 Å². The fourth-order valence-electron chi connectivity index (χ4n) is 2.22. The van der Waals surface area contributed by atoms with E-state index in [-0.39, 0.29) is 0 Å². The van der Waals surface area contributed by atoms with Gasteiger partial charge >= 0.3 is 0 Å². The van der Waals surface area contributed by atoms with Crippen molar-refractivity contribution < 1.29 is 4.74 Å². The van der Waals surface area contributed by atoms with Crippen molar-refractivity contribution in [2.45, 2.75) is 19.8 Å². The normalized spacial score (nSPS) is 16.7. The highest BCUT2D eigenvalue weighted by atomic mass is 16.5. The lowest BCUT2D eigenvalue weighted by molar-refractivity contribution is 0.0378. The number of aryl methyl sites for hydroxylation is 1. The molecule has 0 aromatic heterocycles. The van der Waals surface area contributed by atoms with Crippen LogP contribution in [0.5, 0.6) is 0 Å². The molecule has 1 aromatic rings. The van der Waals surface area contributed by atoms with E-state index in [2.05, 4.69) is 41.4 Å². The molecule has 0 unspecified atom stereocenters. The van der Waals surface area contributed by atoms with E-state index < -0.39 is 0 Å². The molecule has 0 radical (unpaired) electrons. The lowest BCUT2D eigenvalue weighted by Gasteiger charge is -2.26. The molecule has 1 aliphatic rings. The fourth-order valence-corrected chi connectivity index (χ4v) is 2.22. The Balaban J connectivity index is 1.62. The molecule has 1 fully saturated rings. The smallest absolute Gasteiger partial charge is 0.0594 e. The first kappa shape index (κ1) is 13.4. The molecule has 1 aromatic carbocycles. The van der Waals surface area contributed by atoms with E-state index in [0.717, 1.165) is 39.3 Å².